The molecule has 1 unspecified atom stereocenters. The largest absolute Gasteiger partial charge is 0.465 e. The van der Waals surface area contributed by atoms with E-state index >= 15 is 0 Å². The highest BCUT2D eigenvalue weighted by atomic mass is 16.6. The maximum atomic E-state index is 11.9. The van der Waals surface area contributed by atoms with Crippen molar-refractivity contribution in [3.63, 3.8) is 0 Å². The van der Waals surface area contributed by atoms with Crippen molar-refractivity contribution in [1.82, 2.24) is 0 Å². The minimum Gasteiger partial charge on any atom is -0.465 e. The second-order valence-electron chi connectivity index (χ2n) is 14.6. The first-order chi connectivity index (χ1) is 17.3. The van der Waals surface area contributed by atoms with Crippen molar-refractivity contribution in [3.05, 3.63) is 0 Å². The average Bonchev–Trinajstić information content (AvgIpc) is 3.14. The smallest absolute Gasteiger partial charge is 0.302 e. The molecule has 4 aliphatic rings. The van der Waals surface area contributed by atoms with Crippen molar-refractivity contribution < 1.29 is 24.2 Å². The van der Waals surface area contributed by atoms with E-state index in [4.69, 9.17) is 9.47 Å². The molecule has 1 N–H and O–H groups in total. The number of ether oxygens (including phenoxy) is 2. The predicted molar refractivity (Wildman–Crippen MR) is 146 cm³/mol. The summed E-state index contributed by atoms with van der Waals surface area (Å²) in [7, 11) is 0. The maximum absolute atomic E-state index is 11.9. The van der Waals surface area contributed by atoms with E-state index in [1.807, 2.05) is 13.8 Å². The van der Waals surface area contributed by atoms with Gasteiger partial charge in [0.15, 0.2) is 0 Å². The summed E-state index contributed by atoms with van der Waals surface area (Å²) in [6, 6.07) is 0. The van der Waals surface area contributed by atoms with Crippen LogP contribution in [0.1, 0.15) is 119 Å². The number of carbonyl (C=O) groups is 2. The Kier molecular flexibility index (Phi) is 8.45. The van der Waals surface area contributed by atoms with E-state index < -0.39 is 5.60 Å². The van der Waals surface area contributed by atoms with Crippen LogP contribution in [-0.2, 0) is 19.1 Å². The Morgan fingerprint density at radius 3 is 2.22 bits per heavy atom. The molecule has 0 aliphatic heterocycles. The Bertz CT molecular complexity index is 832. The first-order valence-corrected chi connectivity index (χ1v) is 15.3. The first-order valence-electron chi connectivity index (χ1n) is 15.3. The van der Waals surface area contributed by atoms with Gasteiger partial charge in [0, 0.05) is 19.8 Å². The summed E-state index contributed by atoms with van der Waals surface area (Å²) in [6.07, 6.45) is 12.8. The lowest BCUT2D eigenvalue weighted by atomic mass is 9.43. The van der Waals surface area contributed by atoms with Crippen LogP contribution in [0.4, 0.5) is 0 Å². The van der Waals surface area contributed by atoms with Crippen LogP contribution in [0.3, 0.4) is 0 Å². The Labute approximate surface area is 225 Å². The molecule has 0 heterocycles. The van der Waals surface area contributed by atoms with Crippen LogP contribution in [0.25, 0.3) is 0 Å². The zero-order valence-corrected chi connectivity index (χ0v) is 24.7. The van der Waals surface area contributed by atoms with E-state index in [9.17, 15) is 14.7 Å². The Balaban J connectivity index is 1.49. The number of rotatable bonds is 8. The minimum absolute atomic E-state index is 0.105. The van der Waals surface area contributed by atoms with Gasteiger partial charge in [0.25, 0.3) is 0 Å². The van der Waals surface area contributed by atoms with Gasteiger partial charge in [-0.2, -0.15) is 0 Å². The van der Waals surface area contributed by atoms with Crippen molar-refractivity contribution in [3.8, 4) is 0 Å². The third-order valence-corrected chi connectivity index (χ3v) is 11.9. The van der Waals surface area contributed by atoms with Crippen molar-refractivity contribution in [2.24, 2.45) is 52.3 Å². The minimum atomic E-state index is -0.560. The first kappa shape index (κ1) is 28.9. The number of hydrogen-bond donors (Lipinski definition) is 1. The molecule has 212 valence electrons. The molecule has 5 heteroatoms. The van der Waals surface area contributed by atoms with Crippen LogP contribution in [0.2, 0.25) is 0 Å². The predicted octanol–water partition coefficient (Wildman–Crippen LogP) is 6.94. The van der Waals surface area contributed by atoms with Crippen LogP contribution in [0, 0.1) is 52.3 Å². The number of fused-ring (bicyclic) bond motifs is 5. The van der Waals surface area contributed by atoms with E-state index in [1.54, 1.807) is 0 Å². The molecular weight excluding hydrogens is 464 g/mol. The zero-order valence-electron chi connectivity index (χ0n) is 24.7. The topological polar surface area (TPSA) is 72.8 Å². The van der Waals surface area contributed by atoms with Gasteiger partial charge < -0.3 is 14.6 Å². The van der Waals surface area contributed by atoms with Crippen LogP contribution in [-0.4, -0.2) is 35.4 Å². The van der Waals surface area contributed by atoms with Crippen molar-refractivity contribution >= 4 is 11.9 Å². The summed E-state index contributed by atoms with van der Waals surface area (Å²) < 4.78 is 11.4. The van der Waals surface area contributed by atoms with Crippen LogP contribution in [0.5, 0.6) is 0 Å². The molecule has 0 radical (unpaired) electrons. The highest BCUT2D eigenvalue weighted by Gasteiger charge is 2.62. The molecule has 0 spiro atoms. The Morgan fingerprint density at radius 1 is 0.919 bits per heavy atom. The third kappa shape index (κ3) is 5.77. The molecule has 0 aromatic heterocycles. The number of aliphatic hydroxyl groups is 1. The van der Waals surface area contributed by atoms with Gasteiger partial charge in [0.1, 0.15) is 6.10 Å². The van der Waals surface area contributed by atoms with E-state index in [0.717, 1.165) is 49.9 Å². The summed E-state index contributed by atoms with van der Waals surface area (Å²) in [5.74, 6) is 3.89. The van der Waals surface area contributed by atoms with Gasteiger partial charge in [0.05, 0.1) is 12.2 Å². The van der Waals surface area contributed by atoms with Crippen LogP contribution < -0.4 is 0 Å². The van der Waals surface area contributed by atoms with Crippen molar-refractivity contribution in [1.29, 1.82) is 0 Å². The Hall–Kier alpha value is -1.10. The van der Waals surface area contributed by atoms with E-state index in [1.165, 1.54) is 52.4 Å². The lowest BCUT2D eigenvalue weighted by molar-refractivity contribution is -0.184. The number of hydrogen-bond acceptors (Lipinski definition) is 5. The molecule has 37 heavy (non-hydrogen) atoms. The SMILES string of the molecule is CC(=O)OCC1[C@@H](OC(C)=O)CC[C@@]2(C)[C@H]1CC[C@@H]1[C@@H]2CC[C@]2(C)[C@@H]([C@H](C)CCCC(C)(C)O)CC[C@@H]12. The van der Waals surface area contributed by atoms with Crippen molar-refractivity contribution in [2.75, 3.05) is 6.61 Å². The molecule has 4 fully saturated rings. The molecule has 0 bridgehead atoms. The molecule has 10 atom stereocenters. The summed E-state index contributed by atoms with van der Waals surface area (Å²) in [5.41, 5.74) is 0.0997. The molecule has 0 saturated heterocycles. The normalized spacial score (nSPS) is 42.2. The van der Waals surface area contributed by atoms with Gasteiger partial charge in [-0.15, -0.1) is 0 Å². The fraction of sp³-hybridized carbons (Fsp3) is 0.938. The number of esters is 2. The lowest BCUT2D eigenvalue weighted by Crippen LogP contribution is -2.58. The van der Waals surface area contributed by atoms with E-state index in [0.29, 0.717) is 29.8 Å². The summed E-state index contributed by atoms with van der Waals surface area (Å²) >= 11 is 0. The molecular formula is C32H54O5. The fourth-order valence-electron chi connectivity index (χ4n) is 10.3. The molecule has 4 aliphatic carbocycles. The third-order valence-electron chi connectivity index (χ3n) is 11.9. The molecule has 4 rings (SSSR count). The highest BCUT2D eigenvalue weighted by molar-refractivity contribution is 5.66. The van der Waals surface area contributed by atoms with Gasteiger partial charge in [-0.1, -0.05) is 33.6 Å². The summed E-state index contributed by atoms with van der Waals surface area (Å²) in [5, 5.41) is 10.2. The van der Waals surface area contributed by atoms with Crippen LogP contribution in [0.15, 0.2) is 0 Å². The standard InChI is InChI=1S/C32H54O5/c1-20(9-8-16-30(4,5)35)25-12-13-26-23-10-11-27-24(19-36-21(2)33)29(37-22(3)34)15-18-32(27,7)28(23)14-17-31(25,26)6/h20,23-29,35H,8-19H2,1-7H3/t20-,23+,24?,25-,26+,27+,28+,29+,31-,32+/m1/s1. The van der Waals surface area contributed by atoms with E-state index in [2.05, 4.69) is 20.8 Å². The zero-order chi connectivity index (χ0) is 27.2. The molecule has 0 amide bonds. The molecule has 0 aromatic rings. The van der Waals surface area contributed by atoms with Gasteiger partial charge >= 0.3 is 11.9 Å². The quantitative estimate of drug-likeness (QED) is 0.352. The van der Waals surface area contributed by atoms with Crippen LogP contribution >= 0.6 is 0 Å². The second kappa shape index (κ2) is 10.8. The van der Waals surface area contributed by atoms with Gasteiger partial charge in [-0.3, -0.25) is 9.59 Å². The second-order valence-corrected chi connectivity index (χ2v) is 14.6. The highest BCUT2D eigenvalue weighted by Crippen LogP contribution is 2.69. The fourth-order valence-corrected chi connectivity index (χ4v) is 10.3. The summed E-state index contributed by atoms with van der Waals surface area (Å²) in [4.78, 5) is 23.6. The molecule has 5 nitrogen and oxygen atoms in total. The van der Waals surface area contributed by atoms with Gasteiger partial charge in [-0.05, 0) is 118 Å². The lowest BCUT2D eigenvalue weighted by Gasteiger charge is -2.62. The average molecular weight is 519 g/mol. The molecule has 0 aromatic carbocycles. The monoisotopic (exact) mass is 518 g/mol. The van der Waals surface area contributed by atoms with Gasteiger partial charge in [0.2, 0.25) is 0 Å². The van der Waals surface area contributed by atoms with Crippen molar-refractivity contribution in [2.45, 2.75) is 131 Å². The maximum Gasteiger partial charge on any atom is 0.302 e. The molecule has 4 saturated carbocycles. The van der Waals surface area contributed by atoms with Gasteiger partial charge in [-0.25, -0.2) is 0 Å². The van der Waals surface area contributed by atoms with E-state index in [-0.39, 0.29) is 29.4 Å². The summed E-state index contributed by atoms with van der Waals surface area (Å²) in [6.45, 7) is 14.8. The number of carbonyl (C=O) groups excluding carboxylic acids is 2. The Morgan fingerprint density at radius 2 is 1.57 bits per heavy atom.